The van der Waals surface area contributed by atoms with E-state index in [1.807, 2.05) is 30.3 Å². The third-order valence-corrected chi connectivity index (χ3v) is 3.78. The highest BCUT2D eigenvalue weighted by atomic mass is 16.5. The number of amides is 2. The number of carbonyl (C=O) groups excluding carboxylic acids is 1. The van der Waals surface area contributed by atoms with Crippen molar-refractivity contribution in [1.29, 1.82) is 0 Å². The molecule has 5 nitrogen and oxygen atoms in total. The molecular weight excluding hydrogens is 280 g/mol. The third-order valence-electron chi connectivity index (χ3n) is 3.78. The van der Waals surface area contributed by atoms with E-state index in [1.54, 1.807) is 30.2 Å². The van der Waals surface area contributed by atoms with E-state index >= 15 is 0 Å². The average Bonchev–Trinajstić information content (AvgIpc) is 2.56. The molecule has 1 aliphatic rings. The molecule has 22 heavy (non-hydrogen) atoms. The van der Waals surface area contributed by atoms with Gasteiger partial charge in [-0.15, -0.1) is 0 Å². The van der Waals surface area contributed by atoms with Gasteiger partial charge in [-0.1, -0.05) is 18.2 Å². The molecule has 0 saturated heterocycles. The zero-order chi connectivity index (χ0) is 15.5. The molecule has 2 aromatic rings. The maximum absolute atomic E-state index is 12.5. The summed E-state index contributed by atoms with van der Waals surface area (Å²) in [6.07, 6.45) is -0.0755. The summed E-state index contributed by atoms with van der Waals surface area (Å²) in [5, 5.41) is 13.0. The second-order valence-electron chi connectivity index (χ2n) is 5.18. The standard InChI is InChI=1S/C17H18N2O3/c1-22-13-7-8-15-14(11-13)16(20)9-10-19(15)17(21)18-12-5-3-2-4-6-12/h2-8,11,16,20H,9-10H2,1H3,(H,18,21). The molecule has 2 N–H and O–H groups in total. The van der Waals surface area contributed by atoms with Crippen LogP contribution in [-0.4, -0.2) is 24.8 Å². The van der Waals surface area contributed by atoms with Gasteiger partial charge in [0, 0.05) is 17.8 Å². The maximum atomic E-state index is 12.5. The highest BCUT2D eigenvalue weighted by Gasteiger charge is 2.28. The highest BCUT2D eigenvalue weighted by Crippen LogP contribution is 2.36. The van der Waals surface area contributed by atoms with Crippen molar-refractivity contribution in [1.82, 2.24) is 0 Å². The van der Waals surface area contributed by atoms with Gasteiger partial charge in [-0.2, -0.15) is 0 Å². The van der Waals surface area contributed by atoms with Crippen molar-refractivity contribution < 1.29 is 14.6 Å². The first-order valence-corrected chi connectivity index (χ1v) is 7.18. The summed E-state index contributed by atoms with van der Waals surface area (Å²) < 4.78 is 5.19. The number of nitrogens with one attached hydrogen (secondary N) is 1. The Morgan fingerprint density at radius 1 is 1.27 bits per heavy atom. The highest BCUT2D eigenvalue weighted by molar-refractivity contribution is 6.02. The van der Waals surface area contributed by atoms with Crippen molar-refractivity contribution in [2.24, 2.45) is 0 Å². The zero-order valence-corrected chi connectivity index (χ0v) is 12.3. The number of ether oxygens (including phenoxy) is 1. The van der Waals surface area contributed by atoms with Crippen LogP contribution in [0.25, 0.3) is 0 Å². The van der Waals surface area contributed by atoms with Gasteiger partial charge in [0.2, 0.25) is 0 Å². The Labute approximate surface area is 129 Å². The summed E-state index contributed by atoms with van der Waals surface area (Å²) in [5.74, 6) is 0.670. The first kappa shape index (κ1) is 14.4. The molecule has 1 heterocycles. The number of aliphatic hydroxyl groups is 1. The van der Waals surface area contributed by atoms with Gasteiger partial charge in [0.25, 0.3) is 0 Å². The van der Waals surface area contributed by atoms with Gasteiger partial charge < -0.3 is 15.2 Å². The molecule has 1 unspecified atom stereocenters. The van der Waals surface area contributed by atoms with Gasteiger partial charge in [0.1, 0.15) is 5.75 Å². The van der Waals surface area contributed by atoms with Crippen LogP contribution in [0.1, 0.15) is 18.1 Å². The Kier molecular flexibility index (Phi) is 3.98. The van der Waals surface area contributed by atoms with Crippen LogP contribution >= 0.6 is 0 Å². The molecule has 0 spiro atoms. The number of methoxy groups -OCH3 is 1. The summed E-state index contributed by atoms with van der Waals surface area (Å²) in [6, 6.07) is 14.5. The number of carbonyl (C=O) groups is 1. The number of urea groups is 1. The number of hydrogen-bond donors (Lipinski definition) is 2. The molecule has 0 fully saturated rings. The first-order chi connectivity index (χ1) is 10.7. The summed E-state index contributed by atoms with van der Waals surface area (Å²) >= 11 is 0. The Morgan fingerprint density at radius 3 is 2.77 bits per heavy atom. The number of aliphatic hydroxyl groups excluding tert-OH is 1. The molecule has 114 valence electrons. The summed E-state index contributed by atoms with van der Waals surface area (Å²) in [5.41, 5.74) is 2.18. The van der Waals surface area contributed by atoms with Crippen LogP contribution in [0.15, 0.2) is 48.5 Å². The maximum Gasteiger partial charge on any atom is 0.326 e. The topological polar surface area (TPSA) is 61.8 Å². The third kappa shape index (κ3) is 2.76. The van der Waals surface area contributed by atoms with Crippen LogP contribution in [0.4, 0.5) is 16.2 Å². The minimum atomic E-state index is -0.578. The van der Waals surface area contributed by atoms with Crippen molar-refractivity contribution in [2.45, 2.75) is 12.5 Å². The normalized spacial score (nSPS) is 16.8. The number of para-hydroxylation sites is 1. The van der Waals surface area contributed by atoms with E-state index in [4.69, 9.17) is 4.74 Å². The van der Waals surface area contributed by atoms with Crippen LogP contribution in [-0.2, 0) is 0 Å². The summed E-state index contributed by atoms with van der Waals surface area (Å²) in [4.78, 5) is 14.1. The van der Waals surface area contributed by atoms with Crippen molar-refractivity contribution in [2.75, 3.05) is 23.9 Å². The van der Waals surface area contributed by atoms with Gasteiger partial charge in [0.05, 0.1) is 18.9 Å². The Morgan fingerprint density at radius 2 is 2.05 bits per heavy atom. The number of hydrogen-bond acceptors (Lipinski definition) is 3. The van der Waals surface area contributed by atoms with Crippen LogP contribution < -0.4 is 15.0 Å². The molecule has 0 saturated carbocycles. The van der Waals surface area contributed by atoms with Gasteiger partial charge in [-0.3, -0.25) is 4.90 Å². The molecule has 2 aromatic carbocycles. The average molecular weight is 298 g/mol. The summed E-state index contributed by atoms with van der Waals surface area (Å²) in [6.45, 7) is 0.471. The van der Waals surface area contributed by atoms with Crippen molar-refractivity contribution in [3.05, 3.63) is 54.1 Å². The van der Waals surface area contributed by atoms with Gasteiger partial charge in [0.15, 0.2) is 0 Å². The molecule has 5 heteroatoms. The van der Waals surface area contributed by atoms with Crippen molar-refractivity contribution in [3.63, 3.8) is 0 Å². The number of nitrogens with zero attached hydrogens (tertiary/aromatic N) is 1. The Hall–Kier alpha value is -2.53. The van der Waals surface area contributed by atoms with Crippen molar-refractivity contribution in [3.8, 4) is 5.75 Å². The lowest BCUT2D eigenvalue weighted by Gasteiger charge is -2.32. The summed E-state index contributed by atoms with van der Waals surface area (Å²) in [7, 11) is 1.58. The molecule has 3 rings (SSSR count). The van der Waals surface area contributed by atoms with Crippen LogP contribution in [0.5, 0.6) is 5.75 Å². The molecular formula is C17H18N2O3. The number of benzene rings is 2. The van der Waals surface area contributed by atoms with Crippen molar-refractivity contribution >= 4 is 17.4 Å². The lowest BCUT2D eigenvalue weighted by Crippen LogP contribution is -2.39. The lowest BCUT2D eigenvalue weighted by molar-refractivity contribution is 0.164. The van der Waals surface area contributed by atoms with Crippen LogP contribution in [0.2, 0.25) is 0 Å². The predicted octanol–water partition coefficient (Wildman–Crippen LogP) is 3.17. The predicted molar refractivity (Wildman–Crippen MR) is 85.4 cm³/mol. The molecule has 0 radical (unpaired) electrons. The van der Waals surface area contributed by atoms with Crippen LogP contribution in [0.3, 0.4) is 0 Å². The second kappa shape index (κ2) is 6.07. The van der Waals surface area contributed by atoms with E-state index in [1.165, 1.54) is 0 Å². The molecule has 0 bridgehead atoms. The van der Waals surface area contributed by atoms with E-state index in [-0.39, 0.29) is 6.03 Å². The molecule has 0 aliphatic carbocycles. The minimum absolute atomic E-state index is 0.204. The molecule has 2 amide bonds. The fourth-order valence-electron chi connectivity index (χ4n) is 2.62. The lowest BCUT2D eigenvalue weighted by atomic mass is 9.99. The van der Waals surface area contributed by atoms with Gasteiger partial charge in [-0.05, 0) is 36.8 Å². The van der Waals surface area contributed by atoms with E-state index in [2.05, 4.69) is 5.32 Å². The Bertz CT molecular complexity index is 673. The fourth-order valence-corrected chi connectivity index (χ4v) is 2.62. The first-order valence-electron chi connectivity index (χ1n) is 7.18. The van der Waals surface area contributed by atoms with E-state index < -0.39 is 6.10 Å². The largest absolute Gasteiger partial charge is 0.497 e. The monoisotopic (exact) mass is 298 g/mol. The zero-order valence-electron chi connectivity index (χ0n) is 12.3. The van der Waals surface area contributed by atoms with E-state index in [9.17, 15) is 9.90 Å². The van der Waals surface area contributed by atoms with Crippen LogP contribution in [0, 0.1) is 0 Å². The van der Waals surface area contributed by atoms with E-state index in [0.29, 0.717) is 30.0 Å². The minimum Gasteiger partial charge on any atom is -0.497 e. The molecule has 1 atom stereocenters. The number of rotatable bonds is 2. The molecule has 0 aromatic heterocycles. The molecule has 1 aliphatic heterocycles. The van der Waals surface area contributed by atoms with Gasteiger partial charge in [-0.25, -0.2) is 4.79 Å². The second-order valence-corrected chi connectivity index (χ2v) is 5.18. The number of anilines is 2. The fraction of sp³-hybridized carbons (Fsp3) is 0.235. The number of fused-ring (bicyclic) bond motifs is 1. The Balaban J connectivity index is 1.87. The SMILES string of the molecule is COc1ccc2c(c1)C(O)CCN2C(=O)Nc1ccccc1. The van der Waals surface area contributed by atoms with Gasteiger partial charge >= 0.3 is 6.03 Å². The smallest absolute Gasteiger partial charge is 0.326 e. The van der Waals surface area contributed by atoms with E-state index in [0.717, 1.165) is 5.69 Å². The quantitative estimate of drug-likeness (QED) is 0.895.